The molecule has 1 aliphatic heterocycles. The molecule has 0 radical (unpaired) electrons. The van der Waals surface area contributed by atoms with E-state index in [1.807, 2.05) is 13.8 Å². The molecule has 5 heteroatoms. The number of piperidine rings is 1. The maximum absolute atomic E-state index is 12.2. The average Bonchev–Trinajstić information content (AvgIpc) is 2.35. The molecule has 1 aliphatic rings. The highest BCUT2D eigenvalue weighted by Gasteiger charge is 2.29. The van der Waals surface area contributed by atoms with E-state index in [2.05, 4.69) is 0 Å². The van der Waals surface area contributed by atoms with Gasteiger partial charge in [0, 0.05) is 19.5 Å². The molecule has 0 aliphatic carbocycles. The molecule has 0 bridgehead atoms. The number of aliphatic carboxylic acids is 1. The summed E-state index contributed by atoms with van der Waals surface area (Å²) in [6.07, 6.45) is 2.77. The predicted octanol–water partition coefficient (Wildman–Crippen LogP) is 1.07. The van der Waals surface area contributed by atoms with Gasteiger partial charge in [-0.15, -0.1) is 0 Å². The summed E-state index contributed by atoms with van der Waals surface area (Å²) < 4.78 is 0. The Morgan fingerprint density at radius 3 is 2.72 bits per heavy atom. The number of carboxylic acid groups (broad SMARTS) is 1. The summed E-state index contributed by atoms with van der Waals surface area (Å²) in [6, 6.07) is -0.460. The van der Waals surface area contributed by atoms with Crippen molar-refractivity contribution >= 4 is 11.9 Å². The molecule has 1 amide bonds. The largest absolute Gasteiger partial charge is 0.481 e. The second-order valence-electron chi connectivity index (χ2n) is 5.30. The topological polar surface area (TPSA) is 83.6 Å². The lowest BCUT2D eigenvalue weighted by Gasteiger charge is -2.34. The number of rotatable bonds is 5. The zero-order valence-electron chi connectivity index (χ0n) is 11.3. The Bertz CT molecular complexity index is 307. The van der Waals surface area contributed by atoms with E-state index in [0.29, 0.717) is 13.1 Å². The summed E-state index contributed by atoms with van der Waals surface area (Å²) in [5, 5.41) is 8.80. The molecule has 0 aromatic heterocycles. The van der Waals surface area contributed by atoms with Gasteiger partial charge in [0.15, 0.2) is 0 Å². The third-order valence-corrected chi connectivity index (χ3v) is 3.84. The minimum atomic E-state index is -0.791. The van der Waals surface area contributed by atoms with Crippen molar-refractivity contribution < 1.29 is 14.7 Å². The smallest absolute Gasteiger partial charge is 0.303 e. The predicted molar refractivity (Wildman–Crippen MR) is 69.0 cm³/mol. The van der Waals surface area contributed by atoms with Gasteiger partial charge in [0.05, 0.1) is 6.04 Å². The van der Waals surface area contributed by atoms with E-state index in [0.717, 1.165) is 19.3 Å². The van der Waals surface area contributed by atoms with Crippen LogP contribution in [0.25, 0.3) is 0 Å². The molecule has 0 spiro atoms. The first-order valence-corrected chi connectivity index (χ1v) is 6.71. The fourth-order valence-corrected chi connectivity index (χ4v) is 2.39. The van der Waals surface area contributed by atoms with E-state index in [1.165, 1.54) is 0 Å². The van der Waals surface area contributed by atoms with Crippen LogP contribution in [-0.4, -0.2) is 41.0 Å². The molecule has 1 fully saturated rings. The van der Waals surface area contributed by atoms with Gasteiger partial charge in [-0.25, -0.2) is 0 Å². The van der Waals surface area contributed by atoms with Crippen LogP contribution in [0.4, 0.5) is 0 Å². The molecule has 1 saturated heterocycles. The van der Waals surface area contributed by atoms with Gasteiger partial charge >= 0.3 is 5.97 Å². The number of hydrogen-bond acceptors (Lipinski definition) is 3. The summed E-state index contributed by atoms with van der Waals surface area (Å²) in [5.41, 5.74) is 5.94. The first-order valence-electron chi connectivity index (χ1n) is 6.71. The summed E-state index contributed by atoms with van der Waals surface area (Å²) in [5.74, 6) is -0.582. The average molecular weight is 256 g/mol. The lowest BCUT2D eigenvalue weighted by atomic mass is 9.92. The van der Waals surface area contributed by atoms with Crippen molar-refractivity contribution in [3.63, 3.8) is 0 Å². The van der Waals surface area contributed by atoms with Crippen molar-refractivity contribution in [2.75, 3.05) is 13.1 Å². The van der Waals surface area contributed by atoms with E-state index in [9.17, 15) is 9.59 Å². The van der Waals surface area contributed by atoms with Crippen molar-refractivity contribution in [1.29, 1.82) is 0 Å². The third-order valence-electron chi connectivity index (χ3n) is 3.84. The van der Waals surface area contributed by atoms with Crippen molar-refractivity contribution in [2.45, 2.75) is 45.6 Å². The van der Waals surface area contributed by atoms with Crippen LogP contribution in [0.1, 0.15) is 39.5 Å². The Morgan fingerprint density at radius 2 is 2.17 bits per heavy atom. The van der Waals surface area contributed by atoms with E-state index in [1.54, 1.807) is 4.90 Å². The van der Waals surface area contributed by atoms with Crippen LogP contribution in [-0.2, 0) is 9.59 Å². The normalized spacial score (nSPS) is 23.5. The minimum Gasteiger partial charge on any atom is -0.481 e. The van der Waals surface area contributed by atoms with Crippen molar-refractivity contribution in [1.82, 2.24) is 4.90 Å². The second-order valence-corrected chi connectivity index (χ2v) is 5.30. The van der Waals surface area contributed by atoms with Gasteiger partial charge in [-0.05, 0) is 24.7 Å². The zero-order valence-corrected chi connectivity index (χ0v) is 11.3. The molecule has 3 atom stereocenters. The van der Waals surface area contributed by atoms with Crippen LogP contribution in [0.5, 0.6) is 0 Å². The number of carbonyl (C=O) groups is 2. The zero-order chi connectivity index (χ0) is 13.7. The number of nitrogens with two attached hydrogens (primary N) is 1. The second kappa shape index (κ2) is 6.73. The Labute approximate surface area is 108 Å². The maximum atomic E-state index is 12.2. The summed E-state index contributed by atoms with van der Waals surface area (Å²) >= 11 is 0. The number of carbonyl (C=O) groups excluding carboxylic acids is 1. The van der Waals surface area contributed by atoms with E-state index in [4.69, 9.17) is 10.8 Å². The van der Waals surface area contributed by atoms with Gasteiger partial charge in [-0.2, -0.15) is 0 Å². The van der Waals surface area contributed by atoms with Gasteiger partial charge in [0.25, 0.3) is 0 Å². The van der Waals surface area contributed by atoms with Crippen LogP contribution in [0.3, 0.4) is 0 Å². The third kappa shape index (κ3) is 3.98. The van der Waals surface area contributed by atoms with Crippen LogP contribution in [0, 0.1) is 11.8 Å². The quantitative estimate of drug-likeness (QED) is 0.770. The van der Waals surface area contributed by atoms with Gasteiger partial charge in [-0.3, -0.25) is 9.59 Å². The lowest BCUT2D eigenvalue weighted by molar-refractivity contribution is -0.141. The van der Waals surface area contributed by atoms with Crippen LogP contribution < -0.4 is 5.73 Å². The highest BCUT2D eigenvalue weighted by molar-refractivity contribution is 5.82. The van der Waals surface area contributed by atoms with Gasteiger partial charge in [-0.1, -0.05) is 20.3 Å². The standard InChI is InChI=1S/C13H24N2O3/c1-3-9(2)12(14)13(18)15-6-4-5-10(8-15)7-11(16)17/h9-10,12H,3-8,14H2,1-2H3,(H,16,17)/t9?,10?,12-/m1/s1. The summed E-state index contributed by atoms with van der Waals surface area (Å²) in [4.78, 5) is 24.6. The molecule has 0 aromatic carbocycles. The summed E-state index contributed by atoms with van der Waals surface area (Å²) in [6.45, 7) is 5.23. The molecule has 1 rings (SSSR count). The van der Waals surface area contributed by atoms with Gasteiger partial charge < -0.3 is 15.7 Å². The number of hydrogen-bond donors (Lipinski definition) is 2. The van der Waals surface area contributed by atoms with E-state index >= 15 is 0 Å². The monoisotopic (exact) mass is 256 g/mol. The van der Waals surface area contributed by atoms with Crippen molar-refractivity contribution in [3.05, 3.63) is 0 Å². The Hall–Kier alpha value is -1.10. The molecule has 0 saturated carbocycles. The maximum Gasteiger partial charge on any atom is 0.303 e. The van der Waals surface area contributed by atoms with Crippen LogP contribution in [0.15, 0.2) is 0 Å². The van der Waals surface area contributed by atoms with Crippen LogP contribution >= 0.6 is 0 Å². The SMILES string of the molecule is CCC(C)[C@@H](N)C(=O)N1CCCC(CC(=O)O)C1. The van der Waals surface area contributed by atoms with Crippen molar-refractivity contribution in [3.8, 4) is 0 Å². The molecule has 0 aromatic rings. The molecular weight excluding hydrogens is 232 g/mol. The Morgan fingerprint density at radius 1 is 1.50 bits per heavy atom. The number of nitrogens with zero attached hydrogens (tertiary/aromatic N) is 1. The van der Waals surface area contributed by atoms with Gasteiger partial charge in [0.1, 0.15) is 0 Å². The lowest BCUT2D eigenvalue weighted by Crippen LogP contribution is -2.50. The Kier molecular flexibility index (Phi) is 5.59. The van der Waals surface area contributed by atoms with Crippen LogP contribution in [0.2, 0.25) is 0 Å². The first-order chi connectivity index (χ1) is 8.45. The first kappa shape index (κ1) is 15.0. The van der Waals surface area contributed by atoms with E-state index in [-0.39, 0.29) is 24.2 Å². The fraction of sp³-hybridized carbons (Fsp3) is 0.846. The molecule has 2 unspecified atom stereocenters. The minimum absolute atomic E-state index is 0.0283. The van der Waals surface area contributed by atoms with Crippen molar-refractivity contribution in [2.24, 2.45) is 17.6 Å². The molecular formula is C13H24N2O3. The molecule has 104 valence electrons. The molecule has 3 N–H and O–H groups in total. The Balaban J connectivity index is 2.55. The number of carboxylic acids is 1. The molecule has 5 nitrogen and oxygen atoms in total. The number of amides is 1. The number of likely N-dealkylation sites (tertiary alicyclic amines) is 1. The fourth-order valence-electron chi connectivity index (χ4n) is 2.39. The highest BCUT2D eigenvalue weighted by Crippen LogP contribution is 2.21. The van der Waals surface area contributed by atoms with E-state index < -0.39 is 12.0 Å². The summed E-state index contributed by atoms with van der Waals surface area (Å²) in [7, 11) is 0. The highest BCUT2D eigenvalue weighted by atomic mass is 16.4. The molecule has 1 heterocycles. The van der Waals surface area contributed by atoms with Gasteiger partial charge in [0.2, 0.25) is 5.91 Å². The molecule has 18 heavy (non-hydrogen) atoms.